The molecule has 2 heteroatoms. The Hall–Kier alpha value is -0.790. The third-order valence-electron chi connectivity index (χ3n) is 2.83. The van der Waals surface area contributed by atoms with E-state index >= 15 is 0 Å². The fourth-order valence-corrected chi connectivity index (χ4v) is 2.46. The largest absolute Gasteiger partial charge is 0.354 e. The molecule has 0 saturated heterocycles. The number of rotatable bonds is 0. The van der Waals surface area contributed by atoms with Crippen LogP contribution in [-0.2, 0) is 10.3 Å². The van der Waals surface area contributed by atoms with E-state index in [9.17, 15) is 0 Å². The molecule has 0 fully saturated rings. The second-order valence-electron chi connectivity index (χ2n) is 3.71. The summed E-state index contributed by atoms with van der Waals surface area (Å²) in [5.74, 6) is 0. The van der Waals surface area contributed by atoms with Crippen molar-refractivity contribution in [3.8, 4) is 0 Å². The Kier molecular flexibility index (Phi) is 1.27. The summed E-state index contributed by atoms with van der Waals surface area (Å²) in [5, 5.41) is 0.815. The van der Waals surface area contributed by atoms with Crippen molar-refractivity contribution < 1.29 is 4.74 Å². The van der Waals surface area contributed by atoms with Gasteiger partial charge in [-0.05, 0) is 24.6 Å². The van der Waals surface area contributed by atoms with Gasteiger partial charge in [0.25, 0.3) is 0 Å². The number of hydrogen-bond acceptors (Lipinski definition) is 1. The average molecular weight is 193 g/mol. The van der Waals surface area contributed by atoms with E-state index in [1.807, 2.05) is 12.1 Å². The van der Waals surface area contributed by atoms with Crippen molar-refractivity contribution in [2.45, 2.75) is 18.6 Å². The lowest BCUT2D eigenvalue weighted by Gasteiger charge is -2.17. The van der Waals surface area contributed by atoms with E-state index in [1.165, 1.54) is 5.56 Å². The second kappa shape index (κ2) is 2.17. The Balaban J connectivity index is 2.33. The maximum absolute atomic E-state index is 6.11. The summed E-state index contributed by atoms with van der Waals surface area (Å²) in [4.78, 5) is 0. The molecule has 0 aromatic heterocycles. The highest BCUT2D eigenvalue weighted by atomic mass is 35.5. The van der Waals surface area contributed by atoms with Gasteiger partial charge in [0.05, 0.1) is 0 Å². The van der Waals surface area contributed by atoms with Gasteiger partial charge in [0.2, 0.25) is 0 Å². The van der Waals surface area contributed by atoms with Gasteiger partial charge in [-0.15, -0.1) is 0 Å². The number of halogens is 1. The predicted molar refractivity (Wildman–Crippen MR) is 51.8 cm³/mol. The minimum atomic E-state index is -0.231. The van der Waals surface area contributed by atoms with Crippen LogP contribution in [0.1, 0.15) is 24.2 Å². The number of fused-ring (bicyclic) bond motifs is 5. The van der Waals surface area contributed by atoms with Gasteiger partial charge in [0.15, 0.2) is 0 Å². The van der Waals surface area contributed by atoms with E-state index in [0.29, 0.717) is 0 Å². The van der Waals surface area contributed by atoms with Crippen molar-refractivity contribution in [1.82, 2.24) is 0 Å². The molecule has 2 atom stereocenters. The molecule has 3 rings (SSSR count). The summed E-state index contributed by atoms with van der Waals surface area (Å²) in [6.45, 7) is 2.08. The molecule has 0 amide bonds. The van der Waals surface area contributed by atoms with E-state index in [1.54, 1.807) is 0 Å². The summed E-state index contributed by atoms with van der Waals surface area (Å²) in [6.07, 6.45) is 4.26. The van der Waals surface area contributed by atoms with Gasteiger partial charge in [-0.25, -0.2) is 0 Å². The summed E-state index contributed by atoms with van der Waals surface area (Å²) in [5.41, 5.74) is 2.13. The van der Waals surface area contributed by atoms with E-state index in [0.717, 1.165) is 10.6 Å². The monoisotopic (exact) mass is 192 g/mol. The summed E-state index contributed by atoms with van der Waals surface area (Å²) in [6, 6.07) is 5.98. The van der Waals surface area contributed by atoms with E-state index in [4.69, 9.17) is 16.3 Å². The second-order valence-corrected chi connectivity index (χ2v) is 4.11. The zero-order chi connectivity index (χ0) is 9.05. The smallest absolute Gasteiger partial charge is 0.110 e. The third-order valence-corrected chi connectivity index (χ3v) is 3.16. The summed E-state index contributed by atoms with van der Waals surface area (Å²) >= 11 is 6.11. The Morgan fingerprint density at radius 2 is 2.31 bits per heavy atom. The predicted octanol–water partition coefficient (Wildman–Crippen LogP) is 3.20. The lowest BCUT2D eigenvalue weighted by Crippen LogP contribution is -2.14. The van der Waals surface area contributed by atoms with Gasteiger partial charge < -0.3 is 4.74 Å². The molecule has 2 aliphatic heterocycles. The molecule has 2 heterocycles. The van der Waals surface area contributed by atoms with E-state index in [2.05, 4.69) is 25.1 Å². The quantitative estimate of drug-likeness (QED) is 0.574. The van der Waals surface area contributed by atoms with Crippen LogP contribution >= 0.6 is 11.6 Å². The first-order chi connectivity index (χ1) is 6.21. The van der Waals surface area contributed by atoms with Crippen LogP contribution in [0.3, 0.4) is 0 Å². The molecule has 0 spiro atoms. The zero-order valence-corrected chi connectivity index (χ0v) is 8.01. The maximum atomic E-state index is 6.11. The fraction of sp³-hybridized carbons (Fsp3) is 0.273. The Labute approximate surface area is 82.0 Å². The molecular formula is C11H9ClO. The molecule has 2 unspecified atom stereocenters. The Bertz CT molecular complexity index is 411. The molecular weight excluding hydrogens is 184 g/mol. The van der Waals surface area contributed by atoms with Crippen molar-refractivity contribution >= 4 is 11.6 Å². The molecule has 13 heavy (non-hydrogen) atoms. The molecule has 0 saturated carbocycles. The van der Waals surface area contributed by atoms with Gasteiger partial charge >= 0.3 is 0 Å². The minimum absolute atomic E-state index is 0.0775. The average Bonchev–Trinajstić information content (AvgIpc) is 2.59. The molecule has 0 radical (unpaired) electrons. The van der Waals surface area contributed by atoms with Crippen LogP contribution < -0.4 is 0 Å². The molecule has 0 aliphatic carbocycles. The lowest BCUT2D eigenvalue weighted by atomic mass is 9.89. The summed E-state index contributed by atoms with van der Waals surface area (Å²) in [7, 11) is 0. The number of hydrogen-bond donors (Lipinski definition) is 0. The lowest BCUT2D eigenvalue weighted by molar-refractivity contribution is 0.0113. The molecule has 0 N–H and O–H groups in total. The van der Waals surface area contributed by atoms with E-state index in [-0.39, 0.29) is 11.7 Å². The highest BCUT2D eigenvalue weighted by Gasteiger charge is 2.43. The van der Waals surface area contributed by atoms with Crippen molar-refractivity contribution in [1.29, 1.82) is 0 Å². The molecule has 1 nitrogen and oxygen atoms in total. The maximum Gasteiger partial charge on any atom is 0.110 e. The first kappa shape index (κ1) is 7.60. The Morgan fingerprint density at radius 3 is 3.08 bits per heavy atom. The number of benzene rings is 1. The highest BCUT2D eigenvalue weighted by molar-refractivity contribution is 6.31. The van der Waals surface area contributed by atoms with Gasteiger partial charge in [0, 0.05) is 10.6 Å². The van der Waals surface area contributed by atoms with Crippen LogP contribution in [0.15, 0.2) is 30.4 Å². The van der Waals surface area contributed by atoms with Crippen molar-refractivity contribution in [2.75, 3.05) is 0 Å². The van der Waals surface area contributed by atoms with Gasteiger partial charge in [0.1, 0.15) is 11.7 Å². The first-order valence-corrected chi connectivity index (χ1v) is 4.74. The van der Waals surface area contributed by atoms with Crippen LogP contribution in [0.4, 0.5) is 0 Å². The third kappa shape index (κ3) is 0.812. The van der Waals surface area contributed by atoms with E-state index < -0.39 is 0 Å². The van der Waals surface area contributed by atoms with Crippen molar-refractivity contribution in [3.63, 3.8) is 0 Å². The van der Waals surface area contributed by atoms with Crippen molar-refractivity contribution in [3.05, 3.63) is 46.5 Å². The molecule has 2 aliphatic rings. The molecule has 1 aromatic carbocycles. The normalized spacial score (nSPS) is 33.8. The van der Waals surface area contributed by atoms with Crippen molar-refractivity contribution in [2.24, 2.45) is 0 Å². The minimum Gasteiger partial charge on any atom is -0.354 e. The van der Waals surface area contributed by atoms with Gasteiger partial charge in [-0.2, -0.15) is 0 Å². The number of ether oxygens (including phenoxy) is 1. The molecule has 1 aromatic rings. The van der Waals surface area contributed by atoms with Crippen LogP contribution in [0.2, 0.25) is 5.02 Å². The van der Waals surface area contributed by atoms with Gasteiger partial charge in [-0.3, -0.25) is 0 Å². The summed E-state index contributed by atoms with van der Waals surface area (Å²) < 4.78 is 5.82. The zero-order valence-electron chi connectivity index (χ0n) is 7.25. The van der Waals surface area contributed by atoms with Crippen LogP contribution in [0.25, 0.3) is 0 Å². The highest BCUT2D eigenvalue weighted by Crippen LogP contribution is 2.51. The van der Waals surface area contributed by atoms with Crippen LogP contribution in [-0.4, -0.2) is 0 Å². The fourth-order valence-electron chi connectivity index (χ4n) is 2.18. The molecule has 2 bridgehead atoms. The molecule has 66 valence electrons. The van der Waals surface area contributed by atoms with Crippen LogP contribution in [0.5, 0.6) is 0 Å². The van der Waals surface area contributed by atoms with Crippen LogP contribution in [0, 0.1) is 0 Å². The Morgan fingerprint density at radius 1 is 1.46 bits per heavy atom. The topological polar surface area (TPSA) is 9.23 Å². The SMILES string of the molecule is CC12C=CC(O1)c1c(Cl)cccc12. The standard InChI is InChI=1S/C11H9ClO/c1-11-6-5-9(13-11)10-7(11)3-2-4-8(10)12/h2-6,9H,1H3. The first-order valence-electron chi connectivity index (χ1n) is 4.37. The van der Waals surface area contributed by atoms with Gasteiger partial charge in [-0.1, -0.05) is 29.8 Å².